The van der Waals surface area contributed by atoms with Gasteiger partial charge < -0.3 is 5.32 Å². The normalized spacial score (nSPS) is 9.45. The molecule has 3 heteroatoms. The molecule has 0 aliphatic carbocycles. The number of hydrogen-bond acceptors (Lipinski definition) is 1. The molecule has 0 atom stereocenters. The molecule has 4 aromatic carbocycles. The summed E-state index contributed by atoms with van der Waals surface area (Å²) < 4.78 is 0. The van der Waals surface area contributed by atoms with E-state index in [1.807, 2.05) is 72.8 Å². The first kappa shape index (κ1) is 29.2. The minimum atomic E-state index is 0.659. The fraction of sp³-hybridized carbons (Fsp3) is 0.200. The summed E-state index contributed by atoms with van der Waals surface area (Å²) in [5.41, 5.74) is 5.07. The average molecular weight is 663 g/mol. The zero-order chi connectivity index (χ0) is 24.3. The van der Waals surface area contributed by atoms with Gasteiger partial charge in [0.1, 0.15) is 0 Å². The van der Waals surface area contributed by atoms with Crippen molar-refractivity contribution < 1.29 is 0 Å². The van der Waals surface area contributed by atoms with Crippen LogP contribution >= 0.6 is 37.2 Å². The van der Waals surface area contributed by atoms with Gasteiger partial charge in [-0.2, -0.15) is 0 Å². The summed E-state index contributed by atoms with van der Waals surface area (Å²) in [6.45, 7) is 8.81. The minimum Gasteiger partial charge on any atom is -0.356 e. The molecule has 0 saturated heterocycles. The maximum Gasteiger partial charge on any atom is 0.0384 e. The Morgan fingerprint density at radius 1 is 0.424 bits per heavy atom. The van der Waals surface area contributed by atoms with Crippen molar-refractivity contribution in [2.75, 3.05) is 5.32 Å². The fourth-order valence-electron chi connectivity index (χ4n) is 2.89. The van der Waals surface area contributed by atoms with E-state index in [2.05, 4.69) is 119 Å². The SMILES string of the molecule is CC(C)c1ccccc1.CC(C)c1ccccc1.II.c1ccc(Nc2ccccc2)cc1. The Balaban J connectivity index is 0.000000245. The molecule has 0 aliphatic rings. The minimum absolute atomic E-state index is 0.659. The predicted molar refractivity (Wildman–Crippen MR) is 165 cm³/mol. The monoisotopic (exact) mass is 663 g/mol. The van der Waals surface area contributed by atoms with Gasteiger partial charge in [0.15, 0.2) is 0 Å². The number of halogens is 2. The zero-order valence-corrected chi connectivity index (χ0v) is 24.3. The second-order valence-corrected chi connectivity index (χ2v) is 7.99. The van der Waals surface area contributed by atoms with E-state index >= 15 is 0 Å². The second kappa shape index (κ2) is 18.6. The molecule has 0 amide bonds. The molecule has 0 saturated carbocycles. The molecule has 0 aromatic heterocycles. The lowest BCUT2D eigenvalue weighted by Crippen LogP contribution is -1.87. The summed E-state index contributed by atoms with van der Waals surface area (Å²) >= 11 is 4.24. The lowest BCUT2D eigenvalue weighted by atomic mass is 10.0. The third-order valence-corrected chi connectivity index (χ3v) is 4.77. The van der Waals surface area contributed by atoms with Crippen molar-refractivity contribution in [1.29, 1.82) is 0 Å². The molecule has 1 nitrogen and oxygen atoms in total. The fourth-order valence-corrected chi connectivity index (χ4v) is 2.89. The van der Waals surface area contributed by atoms with E-state index in [-0.39, 0.29) is 0 Å². The molecule has 174 valence electrons. The van der Waals surface area contributed by atoms with Gasteiger partial charge in [0.2, 0.25) is 0 Å². The van der Waals surface area contributed by atoms with Crippen molar-refractivity contribution in [2.45, 2.75) is 39.5 Å². The molecular weight excluding hydrogens is 628 g/mol. The molecule has 33 heavy (non-hydrogen) atoms. The third-order valence-electron chi connectivity index (χ3n) is 4.77. The van der Waals surface area contributed by atoms with Gasteiger partial charge in [-0.25, -0.2) is 0 Å². The van der Waals surface area contributed by atoms with Crippen LogP contribution in [0.15, 0.2) is 121 Å². The molecule has 0 unspecified atom stereocenters. The van der Waals surface area contributed by atoms with E-state index in [4.69, 9.17) is 0 Å². The van der Waals surface area contributed by atoms with Crippen LogP contribution in [0.1, 0.15) is 50.7 Å². The molecular formula is C30H35I2N. The number of para-hydroxylation sites is 2. The summed E-state index contributed by atoms with van der Waals surface area (Å²) in [5, 5.41) is 3.30. The van der Waals surface area contributed by atoms with Crippen molar-refractivity contribution in [3.05, 3.63) is 132 Å². The van der Waals surface area contributed by atoms with Crippen LogP contribution in [-0.2, 0) is 0 Å². The first-order valence-electron chi connectivity index (χ1n) is 11.2. The van der Waals surface area contributed by atoms with Crippen molar-refractivity contribution in [2.24, 2.45) is 0 Å². The van der Waals surface area contributed by atoms with E-state index in [9.17, 15) is 0 Å². The van der Waals surface area contributed by atoms with Crippen molar-refractivity contribution in [3.8, 4) is 0 Å². The average Bonchev–Trinajstić information content (AvgIpc) is 2.88. The molecule has 0 aliphatic heterocycles. The lowest BCUT2D eigenvalue weighted by molar-refractivity contribution is 0.867. The van der Waals surface area contributed by atoms with Crippen LogP contribution in [0.5, 0.6) is 0 Å². The highest BCUT2D eigenvalue weighted by atomic mass is 128. The van der Waals surface area contributed by atoms with Gasteiger partial charge in [0.05, 0.1) is 0 Å². The largest absolute Gasteiger partial charge is 0.356 e. The van der Waals surface area contributed by atoms with E-state index < -0.39 is 0 Å². The Labute approximate surface area is 224 Å². The van der Waals surface area contributed by atoms with Crippen LogP contribution in [0.25, 0.3) is 0 Å². The maximum absolute atomic E-state index is 3.30. The quantitative estimate of drug-likeness (QED) is 0.214. The predicted octanol–water partition coefficient (Wildman–Crippen LogP) is 10.8. The molecule has 0 heterocycles. The van der Waals surface area contributed by atoms with Gasteiger partial charge >= 0.3 is 0 Å². The van der Waals surface area contributed by atoms with Crippen LogP contribution in [0.4, 0.5) is 11.4 Å². The Morgan fingerprint density at radius 3 is 0.879 bits per heavy atom. The van der Waals surface area contributed by atoms with E-state index in [1.54, 1.807) is 0 Å². The van der Waals surface area contributed by atoms with Crippen molar-refractivity contribution >= 4 is 48.6 Å². The molecule has 4 rings (SSSR count). The molecule has 0 spiro atoms. The summed E-state index contributed by atoms with van der Waals surface area (Å²) in [6.07, 6.45) is 0. The standard InChI is InChI=1S/C12H11N.2C9H12.I2/c1-3-7-11(8-4-1)13-12-9-5-2-6-10-12;2*1-8(2)9-6-4-3-5-7-9;1-2/h1-10,13H;2*3-8H,1-2H3;. The number of nitrogens with one attached hydrogen (secondary N) is 1. The van der Waals surface area contributed by atoms with Gasteiger partial charge in [0.25, 0.3) is 0 Å². The number of rotatable bonds is 4. The second-order valence-electron chi connectivity index (χ2n) is 7.99. The van der Waals surface area contributed by atoms with Crippen LogP contribution in [0.3, 0.4) is 0 Å². The maximum atomic E-state index is 3.30. The molecule has 1 N–H and O–H groups in total. The van der Waals surface area contributed by atoms with Gasteiger partial charge in [0, 0.05) is 48.6 Å². The first-order chi connectivity index (χ1) is 16.1. The molecule has 4 aromatic rings. The van der Waals surface area contributed by atoms with Gasteiger partial charge in [-0.3, -0.25) is 0 Å². The van der Waals surface area contributed by atoms with Gasteiger partial charge in [-0.05, 0) is 47.2 Å². The summed E-state index contributed by atoms with van der Waals surface area (Å²) in [6, 6.07) is 41.3. The van der Waals surface area contributed by atoms with E-state index in [1.165, 1.54) is 11.1 Å². The highest BCUT2D eigenvalue weighted by Crippen LogP contribution is 2.15. The Hall–Kier alpha value is -1.86. The topological polar surface area (TPSA) is 12.0 Å². The highest BCUT2D eigenvalue weighted by molar-refractivity contribution is 15.0. The van der Waals surface area contributed by atoms with Crippen LogP contribution in [0.2, 0.25) is 0 Å². The van der Waals surface area contributed by atoms with Crippen molar-refractivity contribution in [1.82, 2.24) is 0 Å². The third kappa shape index (κ3) is 13.4. The highest BCUT2D eigenvalue weighted by Gasteiger charge is 1.94. The Kier molecular flexibility index (Phi) is 16.4. The van der Waals surface area contributed by atoms with Gasteiger partial charge in [-0.15, -0.1) is 0 Å². The molecule has 0 radical (unpaired) electrons. The Bertz CT molecular complexity index is 860. The smallest absolute Gasteiger partial charge is 0.0384 e. The summed E-state index contributed by atoms with van der Waals surface area (Å²) in [4.78, 5) is 0. The summed E-state index contributed by atoms with van der Waals surface area (Å²) in [7, 11) is 0. The first-order valence-corrected chi connectivity index (χ1v) is 17.5. The van der Waals surface area contributed by atoms with Gasteiger partial charge in [-0.1, -0.05) is 125 Å². The number of anilines is 2. The lowest BCUT2D eigenvalue weighted by Gasteiger charge is -2.04. The Morgan fingerprint density at radius 2 is 0.667 bits per heavy atom. The number of hydrogen-bond donors (Lipinski definition) is 1. The van der Waals surface area contributed by atoms with Crippen LogP contribution in [0, 0.1) is 0 Å². The van der Waals surface area contributed by atoms with Crippen LogP contribution < -0.4 is 5.32 Å². The number of benzene rings is 4. The van der Waals surface area contributed by atoms with E-state index in [0.717, 1.165) is 11.4 Å². The van der Waals surface area contributed by atoms with E-state index in [0.29, 0.717) is 11.8 Å². The summed E-state index contributed by atoms with van der Waals surface area (Å²) in [5.74, 6) is 1.32. The van der Waals surface area contributed by atoms with Crippen LogP contribution in [-0.4, -0.2) is 0 Å². The molecule has 0 fully saturated rings. The molecule has 0 bridgehead atoms. The van der Waals surface area contributed by atoms with Crippen molar-refractivity contribution in [3.63, 3.8) is 0 Å². The zero-order valence-electron chi connectivity index (χ0n) is 20.0.